The number of nitrogens with two attached hydrogens (primary N) is 1. The maximum atomic E-state index is 8.87. The van der Waals surface area contributed by atoms with Gasteiger partial charge in [-0.3, -0.25) is 0 Å². The summed E-state index contributed by atoms with van der Waals surface area (Å²) in [4.78, 5) is 2.12. The van der Waals surface area contributed by atoms with Gasteiger partial charge in [0.25, 0.3) is 0 Å². The van der Waals surface area contributed by atoms with Crippen molar-refractivity contribution in [3.8, 4) is 6.07 Å². The third kappa shape index (κ3) is 3.05. The van der Waals surface area contributed by atoms with E-state index >= 15 is 0 Å². The number of nitrogens with zero attached hydrogens (tertiary/aromatic N) is 2. The lowest BCUT2D eigenvalue weighted by atomic mass is 10.1. The Labute approximate surface area is 113 Å². The second kappa shape index (κ2) is 5.45. The van der Waals surface area contributed by atoms with Gasteiger partial charge < -0.3 is 10.6 Å². The van der Waals surface area contributed by atoms with Crippen LogP contribution in [0.25, 0.3) is 0 Å². The highest BCUT2D eigenvalue weighted by Crippen LogP contribution is 2.21. The van der Waals surface area contributed by atoms with Gasteiger partial charge in [0.15, 0.2) is 0 Å². The molecule has 0 aromatic heterocycles. The van der Waals surface area contributed by atoms with E-state index in [1.54, 1.807) is 6.07 Å². The summed E-state index contributed by atoms with van der Waals surface area (Å²) in [6, 6.07) is 16.0. The van der Waals surface area contributed by atoms with Crippen molar-refractivity contribution in [2.24, 2.45) is 0 Å². The van der Waals surface area contributed by atoms with Crippen LogP contribution in [0.3, 0.4) is 0 Å². The first-order chi connectivity index (χ1) is 9.10. The molecule has 2 N–H and O–H groups in total. The largest absolute Gasteiger partial charge is 0.398 e. The van der Waals surface area contributed by atoms with Crippen LogP contribution < -0.4 is 10.6 Å². The van der Waals surface area contributed by atoms with Crippen molar-refractivity contribution in [3.05, 3.63) is 59.2 Å². The van der Waals surface area contributed by atoms with Crippen LogP contribution in [0.5, 0.6) is 0 Å². The maximum absolute atomic E-state index is 8.87. The van der Waals surface area contributed by atoms with Gasteiger partial charge in [-0.2, -0.15) is 5.26 Å². The lowest BCUT2D eigenvalue weighted by Gasteiger charge is -2.20. The number of hydrogen-bond acceptors (Lipinski definition) is 3. The molecule has 0 atom stereocenters. The minimum Gasteiger partial charge on any atom is -0.398 e. The van der Waals surface area contributed by atoms with Gasteiger partial charge >= 0.3 is 0 Å². The Balaban J connectivity index is 2.18. The molecule has 0 saturated carbocycles. The van der Waals surface area contributed by atoms with Gasteiger partial charge in [-0.1, -0.05) is 29.8 Å². The van der Waals surface area contributed by atoms with E-state index in [1.165, 1.54) is 11.1 Å². The predicted octanol–water partition coefficient (Wildman–Crippen LogP) is 3.09. The third-order valence-electron chi connectivity index (χ3n) is 3.10. The summed E-state index contributed by atoms with van der Waals surface area (Å²) < 4.78 is 0. The minimum atomic E-state index is 0.521. The lowest BCUT2D eigenvalue weighted by Crippen LogP contribution is -2.16. The van der Waals surface area contributed by atoms with Crippen molar-refractivity contribution in [1.29, 1.82) is 5.26 Å². The van der Waals surface area contributed by atoms with Crippen LogP contribution in [0.2, 0.25) is 0 Å². The average Bonchev–Trinajstić information content (AvgIpc) is 2.38. The van der Waals surface area contributed by atoms with Gasteiger partial charge in [0.05, 0.1) is 11.3 Å². The van der Waals surface area contributed by atoms with Crippen molar-refractivity contribution in [3.63, 3.8) is 0 Å². The van der Waals surface area contributed by atoms with Crippen molar-refractivity contribution >= 4 is 11.4 Å². The van der Waals surface area contributed by atoms with E-state index < -0.39 is 0 Å². The fourth-order valence-corrected chi connectivity index (χ4v) is 2.07. The summed E-state index contributed by atoms with van der Waals surface area (Å²) in [6.45, 7) is 2.90. The number of anilines is 2. The van der Waals surface area contributed by atoms with Crippen molar-refractivity contribution in [2.75, 3.05) is 17.7 Å². The number of hydrogen-bond donors (Lipinski definition) is 1. The molecule has 0 saturated heterocycles. The van der Waals surface area contributed by atoms with Crippen molar-refractivity contribution in [1.82, 2.24) is 0 Å². The number of nitriles is 1. The van der Waals surface area contributed by atoms with E-state index in [0.29, 0.717) is 11.3 Å². The highest BCUT2D eigenvalue weighted by atomic mass is 15.1. The fourth-order valence-electron chi connectivity index (χ4n) is 2.07. The topological polar surface area (TPSA) is 53.0 Å². The highest BCUT2D eigenvalue weighted by molar-refractivity contribution is 5.63. The Morgan fingerprint density at radius 3 is 2.63 bits per heavy atom. The Morgan fingerprint density at radius 1 is 1.21 bits per heavy atom. The second-order valence-corrected chi connectivity index (χ2v) is 4.73. The lowest BCUT2D eigenvalue weighted by molar-refractivity contribution is 0.922. The Morgan fingerprint density at radius 2 is 2.00 bits per heavy atom. The number of nitrogen functional groups attached to an aromatic ring is 1. The van der Waals surface area contributed by atoms with Gasteiger partial charge in [-0.25, -0.2) is 0 Å². The third-order valence-corrected chi connectivity index (χ3v) is 3.10. The standard InChI is InChI=1S/C16H17N3/c1-12-4-3-5-13(8-12)11-19(2)15-7-6-14(10-17)16(18)9-15/h3-9H,11,18H2,1-2H3. The molecule has 19 heavy (non-hydrogen) atoms. The van der Waals surface area contributed by atoms with Gasteiger partial charge in [-0.15, -0.1) is 0 Å². The highest BCUT2D eigenvalue weighted by Gasteiger charge is 2.05. The van der Waals surface area contributed by atoms with Crippen LogP contribution in [0, 0.1) is 18.3 Å². The Bertz CT molecular complexity index is 626. The summed E-state index contributed by atoms with van der Waals surface area (Å²) in [6.07, 6.45) is 0. The molecule has 0 aliphatic heterocycles. The normalized spacial score (nSPS) is 9.95. The van der Waals surface area contributed by atoms with Crippen LogP contribution in [-0.4, -0.2) is 7.05 Å². The maximum Gasteiger partial charge on any atom is 0.101 e. The molecular weight excluding hydrogens is 234 g/mol. The number of benzene rings is 2. The molecule has 0 bridgehead atoms. The molecule has 2 aromatic carbocycles. The van der Waals surface area contributed by atoms with Gasteiger partial charge in [0, 0.05) is 19.3 Å². The van der Waals surface area contributed by atoms with Crippen LogP contribution >= 0.6 is 0 Å². The quantitative estimate of drug-likeness (QED) is 0.853. The molecule has 3 heteroatoms. The van der Waals surface area contributed by atoms with Crippen molar-refractivity contribution in [2.45, 2.75) is 13.5 Å². The van der Waals surface area contributed by atoms with Crippen LogP contribution in [0.1, 0.15) is 16.7 Å². The van der Waals surface area contributed by atoms with E-state index in [0.717, 1.165) is 12.2 Å². The van der Waals surface area contributed by atoms with Gasteiger partial charge in [0.1, 0.15) is 6.07 Å². The smallest absolute Gasteiger partial charge is 0.101 e. The zero-order valence-electron chi connectivity index (χ0n) is 11.2. The molecule has 2 aromatic rings. The van der Waals surface area contributed by atoms with Crippen LogP contribution in [-0.2, 0) is 6.54 Å². The van der Waals surface area contributed by atoms with E-state index in [4.69, 9.17) is 11.0 Å². The van der Waals surface area contributed by atoms with Crippen LogP contribution in [0.15, 0.2) is 42.5 Å². The molecule has 0 unspecified atom stereocenters. The first-order valence-electron chi connectivity index (χ1n) is 6.16. The minimum absolute atomic E-state index is 0.521. The first-order valence-corrected chi connectivity index (χ1v) is 6.16. The van der Waals surface area contributed by atoms with Gasteiger partial charge in [0.2, 0.25) is 0 Å². The molecule has 0 aliphatic rings. The molecule has 0 fully saturated rings. The fraction of sp³-hybridized carbons (Fsp3) is 0.188. The molecule has 96 valence electrons. The monoisotopic (exact) mass is 251 g/mol. The predicted molar refractivity (Wildman–Crippen MR) is 78.9 cm³/mol. The Kier molecular flexibility index (Phi) is 3.72. The summed E-state index contributed by atoms with van der Waals surface area (Å²) in [5.41, 5.74) is 10.4. The molecule has 0 heterocycles. The van der Waals surface area contributed by atoms with E-state index in [2.05, 4.69) is 42.2 Å². The molecule has 0 aliphatic carbocycles. The zero-order valence-corrected chi connectivity index (χ0v) is 11.2. The number of rotatable bonds is 3. The first kappa shape index (κ1) is 13.0. The van der Waals surface area contributed by atoms with Gasteiger partial charge in [-0.05, 0) is 30.7 Å². The molecule has 0 spiro atoms. The zero-order chi connectivity index (χ0) is 13.8. The van der Waals surface area contributed by atoms with Crippen LogP contribution in [0.4, 0.5) is 11.4 Å². The molecule has 2 rings (SSSR count). The molecule has 0 radical (unpaired) electrons. The molecular formula is C16H17N3. The SMILES string of the molecule is Cc1cccc(CN(C)c2ccc(C#N)c(N)c2)c1. The van der Waals surface area contributed by atoms with E-state index in [9.17, 15) is 0 Å². The Hall–Kier alpha value is -2.47. The number of aryl methyl sites for hydroxylation is 1. The summed E-state index contributed by atoms with van der Waals surface area (Å²) >= 11 is 0. The van der Waals surface area contributed by atoms with Crippen molar-refractivity contribution < 1.29 is 0 Å². The van der Waals surface area contributed by atoms with E-state index in [1.807, 2.05) is 19.2 Å². The van der Waals surface area contributed by atoms with E-state index in [-0.39, 0.29) is 0 Å². The average molecular weight is 251 g/mol. The summed E-state index contributed by atoms with van der Waals surface area (Å²) in [5.74, 6) is 0. The second-order valence-electron chi connectivity index (χ2n) is 4.73. The summed E-state index contributed by atoms with van der Waals surface area (Å²) in [5, 5.41) is 8.87. The molecule has 0 amide bonds. The molecule has 3 nitrogen and oxygen atoms in total. The summed E-state index contributed by atoms with van der Waals surface area (Å²) in [7, 11) is 2.02.